The molecular weight excluding hydrogens is 732 g/mol. The van der Waals surface area contributed by atoms with E-state index < -0.39 is 108 Å². The SMILES string of the molecule is CC[C@H]1OC(=O)[C@H](C)[C@@H](O[C@H]2C[C@@](C)(OC)[C@@H](O)[C@H](C)O2)[C@@H](C)[C@@H](O[C@@H]2O[C@H](C)C[C@H](N(C)C)[C@H]2O)[C@](C)(O)C[C@@H](C)C(=O)[C@H](C)[C@H](O)[C@]1(C)O.[Zn]. The molecule has 3 aliphatic heterocycles. The van der Waals surface area contributed by atoms with E-state index in [2.05, 4.69) is 0 Å². The molecule has 3 heterocycles. The van der Waals surface area contributed by atoms with E-state index in [0.29, 0.717) is 6.42 Å². The number of ether oxygens (including phenoxy) is 6. The van der Waals surface area contributed by atoms with Gasteiger partial charge in [0.2, 0.25) is 0 Å². The Hall–Kier alpha value is -0.677. The van der Waals surface area contributed by atoms with Gasteiger partial charge >= 0.3 is 5.97 Å². The molecule has 0 aromatic carbocycles. The van der Waals surface area contributed by atoms with E-state index in [0.717, 1.165) is 0 Å². The molecule has 15 heteroatoms. The Balaban J connectivity index is 0.00000936. The third kappa shape index (κ3) is 10.2. The molecule has 0 aliphatic carbocycles. The second-order valence-electron chi connectivity index (χ2n) is 16.5. The molecule has 0 saturated carbocycles. The van der Waals surface area contributed by atoms with E-state index >= 15 is 0 Å². The van der Waals surface area contributed by atoms with E-state index in [-0.39, 0.29) is 50.9 Å². The van der Waals surface area contributed by atoms with Crippen LogP contribution in [0.3, 0.4) is 0 Å². The maximum absolute atomic E-state index is 14.1. The molecule has 0 spiro atoms. The fourth-order valence-electron chi connectivity index (χ4n) is 8.41. The fraction of sp³-hybridized carbons (Fsp3) is 0.946. The molecule has 14 nitrogen and oxygen atoms in total. The molecule has 0 unspecified atom stereocenters. The Morgan fingerprint density at radius 2 is 1.48 bits per heavy atom. The van der Waals surface area contributed by atoms with Crippen LogP contribution in [0, 0.1) is 23.7 Å². The number of rotatable bonds is 7. The minimum atomic E-state index is -1.99. The summed E-state index contributed by atoms with van der Waals surface area (Å²) in [6, 6.07) is -0.324. The Labute approximate surface area is 322 Å². The topological polar surface area (TPSA) is 194 Å². The van der Waals surface area contributed by atoms with Gasteiger partial charge in [-0.25, -0.2) is 0 Å². The van der Waals surface area contributed by atoms with E-state index in [9.17, 15) is 35.1 Å². The monoisotopic (exact) mass is 797 g/mol. The van der Waals surface area contributed by atoms with Crippen LogP contribution < -0.4 is 0 Å². The van der Waals surface area contributed by atoms with Crippen molar-refractivity contribution in [3.05, 3.63) is 0 Å². The van der Waals surface area contributed by atoms with E-state index in [1.807, 2.05) is 25.9 Å². The van der Waals surface area contributed by atoms with Crippen LogP contribution in [-0.2, 0) is 57.5 Å². The maximum Gasteiger partial charge on any atom is 0.311 e. The number of likely N-dealkylation sites (N-methyl/N-ethyl adjacent to an activating group) is 1. The van der Waals surface area contributed by atoms with Crippen molar-refractivity contribution >= 4 is 11.8 Å². The Morgan fingerprint density at radius 1 is 0.885 bits per heavy atom. The van der Waals surface area contributed by atoms with Gasteiger partial charge in [-0.15, -0.1) is 0 Å². The van der Waals surface area contributed by atoms with E-state index in [1.54, 1.807) is 41.5 Å². The standard InChI is InChI=1S/C37H67NO13.Zn/c1-14-25-37(10,45)30(41)20(4)27(39)18(2)16-35(8,44)32(51-34-28(40)24(38(11)12)15-19(3)47-34)21(5)29(22(6)33(43)49-25)50-26-17-36(9,46-13)31(42)23(7)48-26;/h18-26,28-32,34,40-42,44-45H,14-17H2,1-13H3;/t18-,19-,20+,21-,22-,23+,24+,25-,26+,28-,29+,30+,31+,32-,34+,35-,36-,37-;/m1./s1. The van der Waals surface area contributed by atoms with Crippen LogP contribution in [0.5, 0.6) is 0 Å². The first-order valence-corrected chi connectivity index (χ1v) is 18.5. The third-order valence-corrected chi connectivity index (χ3v) is 11.8. The van der Waals surface area contributed by atoms with Gasteiger partial charge in [0.1, 0.15) is 29.7 Å². The van der Waals surface area contributed by atoms with Crippen LogP contribution in [0.1, 0.15) is 94.9 Å². The van der Waals surface area contributed by atoms with Gasteiger partial charge in [-0.05, 0) is 74.9 Å². The summed E-state index contributed by atoms with van der Waals surface area (Å²) in [4.78, 5) is 29.8. The molecule has 0 aromatic rings. The predicted molar refractivity (Wildman–Crippen MR) is 186 cm³/mol. The number of esters is 1. The molecule has 52 heavy (non-hydrogen) atoms. The van der Waals surface area contributed by atoms with Gasteiger partial charge in [0.05, 0.1) is 47.6 Å². The number of hydrogen-bond acceptors (Lipinski definition) is 14. The molecule has 0 amide bonds. The van der Waals surface area contributed by atoms with Crippen molar-refractivity contribution < 1.29 is 83.0 Å². The van der Waals surface area contributed by atoms with Crippen molar-refractivity contribution in [3.8, 4) is 0 Å². The number of Topliss-reactive ketones (excluding diaryl/α,β-unsaturated/α-hetero) is 1. The minimum absolute atomic E-state index is 0. The zero-order chi connectivity index (χ0) is 39.0. The maximum atomic E-state index is 14.1. The number of carbonyl (C=O) groups excluding carboxylic acids is 2. The number of ketones is 1. The Kier molecular flexibility index (Phi) is 16.9. The van der Waals surface area contributed by atoms with Crippen molar-refractivity contribution in [3.63, 3.8) is 0 Å². The van der Waals surface area contributed by atoms with E-state index in [1.165, 1.54) is 27.9 Å². The second-order valence-corrected chi connectivity index (χ2v) is 16.5. The summed E-state index contributed by atoms with van der Waals surface area (Å²) in [5.41, 5.74) is -4.84. The average molecular weight is 799 g/mol. The van der Waals surface area contributed by atoms with Crippen molar-refractivity contribution in [2.45, 2.75) is 179 Å². The van der Waals surface area contributed by atoms with Crippen LogP contribution in [0.15, 0.2) is 0 Å². The summed E-state index contributed by atoms with van der Waals surface area (Å²) in [5, 5.41) is 57.6. The first-order chi connectivity index (χ1) is 23.4. The molecule has 3 rings (SSSR count). The first kappa shape index (κ1) is 47.5. The molecule has 5 N–H and O–H groups in total. The molecular formula is C37H67NO13Zn. The zero-order valence-electron chi connectivity index (χ0n) is 33.6. The Morgan fingerprint density at radius 3 is 2.02 bits per heavy atom. The molecule has 0 bridgehead atoms. The average Bonchev–Trinajstić information content (AvgIpc) is 3.05. The quantitative estimate of drug-likeness (QED) is 0.185. The second kappa shape index (κ2) is 18.5. The van der Waals surface area contributed by atoms with Crippen molar-refractivity contribution in [2.75, 3.05) is 21.2 Å². The summed E-state index contributed by atoms with van der Waals surface area (Å²) < 4.78 is 37.1. The van der Waals surface area contributed by atoms with E-state index in [4.69, 9.17) is 28.4 Å². The van der Waals surface area contributed by atoms with Crippen LogP contribution in [-0.4, -0.2) is 148 Å². The minimum Gasteiger partial charge on any atom is -0.459 e. The molecule has 0 aromatic heterocycles. The zero-order valence-corrected chi connectivity index (χ0v) is 36.6. The van der Waals surface area contributed by atoms with Gasteiger partial charge < -0.3 is 58.9 Å². The summed E-state index contributed by atoms with van der Waals surface area (Å²) >= 11 is 0. The largest absolute Gasteiger partial charge is 0.459 e. The van der Waals surface area contributed by atoms with Crippen molar-refractivity contribution in [2.24, 2.45) is 23.7 Å². The fourth-order valence-corrected chi connectivity index (χ4v) is 8.41. The van der Waals surface area contributed by atoms with Crippen LogP contribution in [0.2, 0.25) is 0 Å². The van der Waals surface area contributed by atoms with Crippen LogP contribution in [0.4, 0.5) is 0 Å². The Bertz CT molecular complexity index is 1170. The number of hydrogen-bond donors (Lipinski definition) is 5. The first-order valence-electron chi connectivity index (χ1n) is 18.5. The summed E-state index contributed by atoms with van der Waals surface area (Å²) in [6.45, 7) is 16.3. The van der Waals surface area contributed by atoms with Gasteiger partial charge in [-0.3, -0.25) is 9.59 Å². The number of nitrogens with zero attached hydrogens (tertiary/aromatic N) is 1. The number of carbonyl (C=O) groups is 2. The molecule has 3 saturated heterocycles. The normalized spacial score (nSPS) is 48.8. The number of cyclic esters (lactones) is 1. The molecule has 3 fully saturated rings. The summed E-state index contributed by atoms with van der Waals surface area (Å²) in [6.07, 6.45) is -9.71. The smallest absolute Gasteiger partial charge is 0.311 e. The summed E-state index contributed by atoms with van der Waals surface area (Å²) in [5.74, 6) is -4.98. The number of aliphatic hydroxyl groups excluding tert-OH is 3. The van der Waals surface area contributed by atoms with Gasteiger partial charge in [-0.1, -0.05) is 27.7 Å². The third-order valence-electron chi connectivity index (χ3n) is 11.8. The molecule has 3 aliphatic rings. The van der Waals surface area contributed by atoms with Gasteiger partial charge in [-0.2, -0.15) is 0 Å². The van der Waals surface area contributed by atoms with Crippen LogP contribution in [0.25, 0.3) is 0 Å². The predicted octanol–water partition coefficient (Wildman–Crippen LogP) is 1.78. The van der Waals surface area contributed by atoms with Crippen molar-refractivity contribution in [1.82, 2.24) is 4.90 Å². The number of aliphatic hydroxyl groups is 5. The molecule has 0 radical (unpaired) electrons. The van der Waals surface area contributed by atoms with Gasteiger partial charge in [0.25, 0.3) is 0 Å². The van der Waals surface area contributed by atoms with Crippen LogP contribution >= 0.6 is 0 Å². The molecule has 300 valence electrons. The summed E-state index contributed by atoms with van der Waals surface area (Å²) in [7, 11) is 5.18. The van der Waals surface area contributed by atoms with Gasteiger partial charge in [0.15, 0.2) is 12.6 Å². The number of methoxy groups -OCH3 is 1. The van der Waals surface area contributed by atoms with Gasteiger partial charge in [0, 0.05) is 56.8 Å². The van der Waals surface area contributed by atoms with Crippen molar-refractivity contribution in [1.29, 1.82) is 0 Å². The molecule has 18 atom stereocenters.